The van der Waals surface area contributed by atoms with Crippen molar-refractivity contribution < 1.29 is 14.6 Å². The molecule has 1 aliphatic heterocycles. The van der Waals surface area contributed by atoms with Gasteiger partial charge in [-0.3, -0.25) is 0 Å². The van der Waals surface area contributed by atoms with Gasteiger partial charge >= 0.3 is 5.97 Å². The van der Waals surface area contributed by atoms with Crippen LogP contribution in [0.1, 0.15) is 12.0 Å². The molecular formula is C16H14N2O3. The molecule has 3 rings (SSSR count). The van der Waals surface area contributed by atoms with Gasteiger partial charge in [0.1, 0.15) is 11.8 Å². The Kier molecular flexibility index (Phi) is 3.55. The number of ether oxygens (including phenoxy) is 1. The van der Waals surface area contributed by atoms with Gasteiger partial charge in [0.2, 0.25) is 5.88 Å². The topological polar surface area (TPSA) is 71.5 Å². The lowest BCUT2D eigenvalue weighted by molar-refractivity contribution is -0.138. The lowest BCUT2D eigenvalue weighted by Gasteiger charge is -2.08. The van der Waals surface area contributed by atoms with E-state index in [1.807, 2.05) is 36.4 Å². The second-order valence-corrected chi connectivity index (χ2v) is 4.73. The van der Waals surface area contributed by atoms with Crippen molar-refractivity contribution in [1.29, 1.82) is 0 Å². The number of hydrogen-bond donors (Lipinski definition) is 2. The number of aromatic nitrogens is 1. The fourth-order valence-corrected chi connectivity index (χ4v) is 2.19. The molecule has 106 valence electrons. The summed E-state index contributed by atoms with van der Waals surface area (Å²) in [5.41, 5.74) is 1.90. The van der Waals surface area contributed by atoms with E-state index in [0.717, 1.165) is 11.1 Å². The van der Waals surface area contributed by atoms with E-state index >= 15 is 0 Å². The molecule has 2 N–H and O–H groups in total. The minimum absolute atomic E-state index is 0.461. The fourth-order valence-electron chi connectivity index (χ4n) is 2.19. The summed E-state index contributed by atoms with van der Waals surface area (Å²) >= 11 is 0. The monoisotopic (exact) mass is 282 g/mol. The van der Waals surface area contributed by atoms with E-state index in [2.05, 4.69) is 10.3 Å². The summed E-state index contributed by atoms with van der Waals surface area (Å²) in [5.74, 6) is 0.351. The van der Waals surface area contributed by atoms with Crippen LogP contribution in [0.2, 0.25) is 0 Å². The number of carboxylic acids is 1. The van der Waals surface area contributed by atoms with Gasteiger partial charge in [-0.2, -0.15) is 0 Å². The van der Waals surface area contributed by atoms with Crippen molar-refractivity contribution in [1.82, 2.24) is 10.3 Å². The highest BCUT2D eigenvalue weighted by Crippen LogP contribution is 2.28. The van der Waals surface area contributed by atoms with Gasteiger partial charge in [0, 0.05) is 24.9 Å². The molecule has 5 nitrogen and oxygen atoms in total. The summed E-state index contributed by atoms with van der Waals surface area (Å²) in [6.45, 7) is 0. The molecule has 0 fully saturated rings. The highest BCUT2D eigenvalue weighted by Gasteiger charge is 2.23. The summed E-state index contributed by atoms with van der Waals surface area (Å²) in [6, 6.07) is 12.4. The molecule has 0 amide bonds. The van der Waals surface area contributed by atoms with Crippen molar-refractivity contribution in [2.75, 3.05) is 0 Å². The van der Waals surface area contributed by atoms with Gasteiger partial charge < -0.3 is 15.2 Å². The number of hydrogen-bond acceptors (Lipinski definition) is 4. The Balaban J connectivity index is 1.77. The molecule has 0 saturated heterocycles. The summed E-state index contributed by atoms with van der Waals surface area (Å²) in [4.78, 5) is 15.1. The smallest absolute Gasteiger partial charge is 0.326 e. The number of nitrogens with one attached hydrogen (secondary N) is 1. The Hall–Kier alpha value is -2.82. The molecule has 0 saturated carbocycles. The second kappa shape index (κ2) is 5.66. The first-order chi connectivity index (χ1) is 10.2. The zero-order chi connectivity index (χ0) is 14.7. The highest BCUT2D eigenvalue weighted by atomic mass is 16.5. The van der Waals surface area contributed by atoms with Crippen LogP contribution in [0.4, 0.5) is 0 Å². The van der Waals surface area contributed by atoms with Crippen LogP contribution < -0.4 is 10.1 Å². The Morgan fingerprint density at radius 3 is 2.90 bits per heavy atom. The van der Waals surface area contributed by atoms with Crippen molar-refractivity contribution in [3.63, 3.8) is 0 Å². The largest absolute Gasteiger partial charge is 0.480 e. The number of nitrogens with zero attached hydrogens (tertiary/aromatic N) is 1. The minimum atomic E-state index is -0.845. The third-order valence-corrected chi connectivity index (χ3v) is 3.25. The molecule has 0 bridgehead atoms. The van der Waals surface area contributed by atoms with Gasteiger partial charge in [-0.05, 0) is 29.3 Å². The van der Waals surface area contributed by atoms with Crippen molar-refractivity contribution in [3.05, 3.63) is 60.4 Å². The van der Waals surface area contributed by atoms with Gasteiger partial charge in [-0.25, -0.2) is 9.78 Å². The van der Waals surface area contributed by atoms with E-state index in [1.54, 1.807) is 18.5 Å². The normalized spacial score (nSPS) is 17.0. The molecule has 0 aliphatic carbocycles. The Morgan fingerprint density at radius 2 is 2.19 bits per heavy atom. The van der Waals surface area contributed by atoms with E-state index in [0.29, 0.717) is 18.1 Å². The van der Waals surface area contributed by atoms with E-state index in [1.165, 1.54) is 0 Å². The molecule has 1 aromatic heterocycles. The molecule has 1 aromatic carbocycles. The number of carboxylic acid groups (broad SMARTS) is 1. The third-order valence-electron chi connectivity index (χ3n) is 3.25. The zero-order valence-corrected chi connectivity index (χ0v) is 11.2. The van der Waals surface area contributed by atoms with E-state index < -0.39 is 12.0 Å². The first kappa shape index (κ1) is 13.2. The van der Waals surface area contributed by atoms with Gasteiger partial charge in [0.25, 0.3) is 0 Å². The summed E-state index contributed by atoms with van der Waals surface area (Å²) < 4.78 is 5.68. The lowest BCUT2D eigenvalue weighted by Crippen LogP contribution is -2.28. The standard InChI is InChI=1S/C16H14N2O3/c19-16(20)14-9-12(10-18-14)11-4-3-5-13(8-11)21-15-6-1-2-7-17-15/h1-8,10,14,18H,9H2,(H,19,20). The summed E-state index contributed by atoms with van der Waals surface area (Å²) in [7, 11) is 0. The molecule has 5 heteroatoms. The Labute approximate surface area is 121 Å². The predicted octanol–water partition coefficient (Wildman–Crippen LogP) is 2.66. The van der Waals surface area contributed by atoms with Crippen LogP contribution in [0.3, 0.4) is 0 Å². The molecule has 0 spiro atoms. The highest BCUT2D eigenvalue weighted by molar-refractivity contribution is 5.81. The predicted molar refractivity (Wildman–Crippen MR) is 77.9 cm³/mol. The van der Waals surface area contributed by atoms with Crippen LogP contribution in [-0.4, -0.2) is 22.1 Å². The fraction of sp³-hybridized carbons (Fsp3) is 0.125. The SMILES string of the molecule is O=C(O)C1CC(c2cccc(Oc3ccccn3)c2)=CN1. The molecule has 2 aromatic rings. The van der Waals surface area contributed by atoms with Crippen LogP contribution in [0.25, 0.3) is 5.57 Å². The molecular weight excluding hydrogens is 268 g/mol. The molecule has 1 atom stereocenters. The van der Waals surface area contributed by atoms with Gasteiger partial charge in [0.15, 0.2) is 0 Å². The van der Waals surface area contributed by atoms with Crippen molar-refractivity contribution >= 4 is 11.5 Å². The van der Waals surface area contributed by atoms with Gasteiger partial charge in [0.05, 0.1) is 0 Å². The molecule has 1 unspecified atom stereocenters. The van der Waals surface area contributed by atoms with Gasteiger partial charge in [-0.1, -0.05) is 18.2 Å². The average Bonchev–Trinajstić information content (AvgIpc) is 2.99. The van der Waals surface area contributed by atoms with Crippen LogP contribution in [-0.2, 0) is 4.79 Å². The quantitative estimate of drug-likeness (QED) is 0.902. The zero-order valence-electron chi connectivity index (χ0n) is 11.2. The molecule has 21 heavy (non-hydrogen) atoms. The van der Waals surface area contributed by atoms with E-state index in [4.69, 9.17) is 9.84 Å². The molecule has 0 radical (unpaired) electrons. The number of pyridine rings is 1. The van der Waals surface area contributed by atoms with E-state index in [-0.39, 0.29) is 0 Å². The van der Waals surface area contributed by atoms with Gasteiger partial charge in [-0.15, -0.1) is 0 Å². The van der Waals surface area contributed by atoms with Crippen molar-refractivity contribution in [3.8, 4) is 11.6 Å². The maximum absolute atomic E-state index is 11.0. The van der Waals surface area contributed by atoms with Crippen LogP contribution in [0, 0.1) is 0 Å². The summed E-state index contributed by atoms with van der Waals surface area (Å²) in [5, 5.41) is 11.9. The number of rotatable bonds is 4. The maximum atomic E-state index is 11.0. The first-order valence-corrected chi connectivity index (χ1v) is 6.59. The van der Waals surface area contributed by atoms with E-state index in [9.17, 15) is 4.79 Å². The van der Waals surface area contributed by atoms with Crippen LogP contribution in [0.5, 0.6) is 11.6 Å². The maximum Gasteiger partial charge on any atom is 0.326 e. The average molecular weight is 282 g/mol. The number of aliphatic carboxylic acids is 1. The molecule has 1 aliphatic rings. The second-order valence-electron chi connectivity index (χ2n) is 4.73. The van der Waals surface area contributed by atoms with Crippen LogP contribution in [0.15, 0.2) is 54.9 Å². The van der Waals surface area contributed by atoms with Crippen molar-refractivity contribution in [2.24, 2.45) is 0 Å². The third kappa shape index (κ3) is 3.02. The number of carbonyl (C=O) groups is 1. The first-order valence-electron chi connectivity index (χ1n) is 6.59. The van der Waals surface area contributed by atoms with Crippen molar-refractivity contribution in [2.45, 2.75) is 12.5 Å². The molecule has 2 heterocycles. The van der Waals surface area contributed by atoms with Crippen LogP contribution >= 0.6 is 0 Å². The summed E-state index contributed by atoms with van der Waals surface area (Å²) in [6.07, 6.45) is 3.88. The lowest BCUT2D eigenvalue weighted by atomic mass is 10.0. The Bertz CT molecular complexity index is 683. The Morgan fingerprint density at radius 1 is 1.29 bits per heavy atom. The number of benzene rings is 1. The minimum Gasteiger partial charge on any atom is -0.480 e.